The van der Waals surface area contributed by atoms with E-state index in [-0.39, 0.29) is 35.6 Å². The van der Waals surface area contributed by atoms with Crippen molar-refractivity contribution in [3.63, 3.8) is 0 Å². The van der Waals surface area contributed by atoms with E-state index in [1.807, 2.05) is 24.3 Å². The Kier molecular flexibility index (Phi) is 10.5. The van der Waals surface area contributed by atoms with Gasteiger partial charge in [0, 0.05) is 31.3 Å². The lowest BCUT2D eigenvalue weighted by Crippen LogP contribution is -2.57. The predicted octanol–water partition coefficient (Wildman–Crippen LogP) is 3.63. The molecule has 1 saturated heterocycles. The van der Waals surface area contributed by atoms with Gasteiger partial charge < -0.3 is 30.6 Å². The standard InChI is InChI=1S/C24H34N4O3.HI/c1-18(20-7-5-4-6-8-20)28-24(11-13-31-14-12-24)17-27-23(25)26-16-19-9-10-21(29-2)22(15-19)30-3;/h4-10,15,18,28H,11-14,16-17H2,1-3H3,(H3,25,26,27);1H. The molecule has 0 aromatic heterocycles. The lowest BCUT2D eigenvalue weighted by atomic mass is 9.88. The van der Waals surface area contributed by atoms with Crippen LogP contribution in [-0.2, 0) is 11.3 Å². The van der Waals surface area contributed by atoms with E-state index in [1.165, 1.54) is 5.56 Å². The van der Waals surface area contributed by atoms with Gasteiger partial charge in [0.1, 0.15) is 0 Å². The maximum Gasteiger partial charge on any atom is 0.188 e. The van der Waals surface area contributed by atoms with Gasteiger partial charge in [-0.3, -0.25) is 0 Å². The fourth-order valence-electron chi connectivity index (χ4n) is 3.89. The van der Waals surface area contributed by atoms with E-state index in [0.717, 1.165) is 31.6 Å². The van der Waals surface area contributed by atoms with E-state index in [1.54, 1.807) is 14.2 Å². The van der Waals surface area contributed by atoms with Crippen molar-refractivity contribution in [2.24, 2.45) is 10.7 Å². The summed E-state index contributed by atoms with van der Waals surface area (Å²) in [7, 11) is 3.24. The van der Waals surface area contributed by atoms with Crippen LogP contribution < -0.4 is 25.8 Å². The number of rotatable bonds is 9. The Bertz CT molecular complexity index is 858. The van der Waals surface area contributed by atoms with E-state index in [2.05, 4.69) is 46.8 Å². The number of aliphatic imine (C=N–C) groups is 1. The molecule has 1 fully saturated rings. The number of hydrogen-bond acceptors (Lipinski definition) is 5. The summed E-state index contributed by atoms with van der Waals surface area (Å²) in [6, 6.07) is 16.5. The molecule has 1 aliphatic rings. The highest BCUT2D eigenvalue weighted by Gasteiger charge is 2.34. The normalized spacial score (nSPS) is 16.5. The highest BCUT2D eigenvalue weighted by Crippen LogP contribution is 2.28. The topological polar surface area (TPSA) is 90.1 Å². The molecule has 2 aromatic carbocycles. The maximum absolute atomic E-state index is 6.19. The zero-order valence-corrected chi connectivity index (χ0v) is 21.4. The van der Waals surface area contributed by atoms with Crippen molar-refractivity contribution >= 4 is 29.9 Å². The first-order chi connectivity index (χ1) is 15.0. The zero-order valence-electron chi connectivity index (χ0n) is 19.1. The molecular formula is C24H35IN4O3. The van der Waals surface area contributed by atoms with Crippen LogP contribution in [0.15, 0.2) is 53.5 Å². The Morgan fingerprint density at radius 2 is 1.78 bits per heavy atom. The number of hydrogen-bond donors (Lipinski definition) is 3. The van der Waals surface area contributed by atoms with Gasteiger partial charge in [0.15, 0.2) is 17.5 Å². The van der Waals surface area contributed by atoms with Crippen molar-refractivity contribution < 1.29 is 14.2 Å². The van der Waals surface area contributed by atoms with Gasteiger partial charge in [-0.1, -0.05) is 36.4 Å². The fraction of sp³-hybridized carbons (Fsp3) is 0.458. The van der Waals surface area contributed by atoms with Crippen LogP contribution in [0.5, 0.6) is 11.5 Å². The molecule has 0 aliphatic carbocycles. The third-order valence-electron chi connectivity index (χ3n) is 5.76. The van der Waals surface area contributed by atoms with Gasteiger partial charge >= 0.3 is 0 Å². The summed E-state index contributed by atoms with van der Waals surface area (Å²) in [5, 5.41) is 7.15. The number of halogens is 1. The average molecular weight is 554 g/mol. The molecule has 1 atom stereocenters. The Hall–Kier alpha value is -2.04. The molecule has 1 unspecified atom stereocenters. The quantitative estimate of drug-likeness (QED) is 0.249. The minimum atomic E-state index is -0.100. The number of benzene rings is 2. The minimum Gasteiger partial charge on any atom is -0.493 e. The molecule has 7 nitrogen and oxygen atoms in total. The Labute approximate surface area is 208 Å². The molecule has 0 radical (unpaired) electrons. The van der Waals surface area contributed by atoms with Crippen molar-refractivity contribution in [3.05, 3.63) is 59.7 Å². The summed E-state index contributed by atoms with van der Waals surface area (Å²) in [5.74, 6) is 1.80. The van der Waals surface area contributed by atoms with Crippen molar-refractivity contribution in [2.45, 2.75) is 37.9 Å². The first-order valence-corrected chi connectivity index (χ1v) is 10.7. The molecule has 0 bridgehead atoms. The fourth-order valence-corrected chi connectivity index (χ4v) is 3.89. The number of nitrogens with two attached hydrogens (primary N) is 1. The minimum absolute atomic E-state index is 0. The third-order valence-corrected chi connectivity index (χ3v) is 5.76. The maximum atomic E-state index is 6.19. The van der Waals surface area contributed by atoms with E-state index in [4.69, 9.17) is 19.9 Å². The van der Waals surface area contributed by atoms with E-state index in [0.29, 0.717) is 30.5 Å². The van der Waals surface area contributed by atoms with Crippen LogP contribution in [0.2, 0.25) is 0 Å². The second kappa shape index (κ2) is 12.9. The van der Waals surface area contributed by atoms with E-state index < -0.39 is 0 Å². The molecule has 2 aromatic rings. The van der Waals surface area contributed by atoms with Crippen LogP contribution in [0.3, 0.4) is 0 Å². The molecular weight excluding hydrogens is 519 g/mol. The molecule has 4 N–H and O–H groups in total. The largest absolute Gasteiger partial charge is 0.493 e. The van der Waals surface area contributed by atoms with Gasteiger partial charge in [-0.15, -0.1) is 24.0 Å². The molecule has 1 aliphatic heterocycles. The second-order valence-corrected chi connectivity index (χ2v) is 7.91. The van der Waals surface area contributed by atoms with Gasteiger partial charge in [0.2, 0.25) is 0 Å². The van der Waals surface area contributed by atoms with E-state index >= 15 is 0 Å². The summed E-state index contributed by atoms with van der Waals surface area (Å²) >= 11 is 0. The van der Waals surface area contributed by atoms with Crippen LogP contribution >= 0.6 is 24.0 Å². The Morgan fingerprint density at radius 3 is 2.44 bits per heavy atom. The molecule has 3 rings (SSSR count). The van der Waals surface area contributed by atoms with Gasteiger partial charge in [-0.25, -0.2) is 4.99 Å². The molecule has 0 amide bonds. The van der Waals surface area contributed by atoms with Crippen molar-refractivity contribution in [3.8, 4) is 11.5 Å². The summed E-state index contributed by atoms with van der Waals surface area (Å²) in [4.78, 5) is 4.51. The molecule has 176 valence electrons. The van der Waals surface area contributed by atoms with Gasteiger partial charge in [-0.05, 0) is 43.0 Å². The summed E-state index contributed by atoms with van der Waals surface area (Å²) < 4.78 is 16.3. The summed E-state index contributed by atoms with van der Waals surface area (Å²) in [6.07, 6.45) is 1.83. The SMILES string of the molecule is COc1ccc(CN=C(N)NCC2(NC(C)c3ccccc3)CCOCC2)cc1OC.I. The second-order valence-electron chi connectivity index (χ2n) is 7.91. The van der Waals surface area contributed by atoms with Crippen LogP contribution in [0.25, 0.3) is 0 Å². The van der Waals surface area contributed by atoms with Crippen LogP contribution in [0.1, 0.15) is 36.9 Å². The zero-order chi connectivity index (χ0) is 22.1. The molecule has 1 heterocycles. The number of guanidine groups is 1. The first kappa shape index (κ1) is 26.2. The molecule has 0 spiro atoms. The molecule has 8 heteroatoms. The average Bonchev–Trinajstić information content (AvgIpc) is 2.82. The monoisotopic (exact) mass is 554 g/mol. The summed E-state index contributed by atoms with van der Waals surface area (Å²) in [5.41, 5.74) is 8.36. The number of ether oxygens (including phenoxy) is 3. The van der Waals surface area contributed by atoms with Crippen LogP contribution in [-0.4, -0.2) is 45.5 Å². The number of methoxy groups -OCH3 is 2. The van der Waals surface area contributed by atoms with E-state index in [9.17, 15) is 0 Å². The van der Waals surface area contributed by atoms with Crippen LogP contribution in [0.4, 0.5) is 0 Å². The molecule has 32 heavy (non-hydrogen) atoms. The number of nitrogens with one attached hydrogen (secondary N) is 2. The van der Waals surface area contributed by atoms with Crippen LogP contribution in [0, 0.1) is 0 Å². The highest BCUT2D eigenvalue weighted by molar-refractivity contribution is 14.0. The van der Waals surface area contributed by atoms with Gasteiger partial charge in [-0.2, -0.15) is 0 Å². The Morgan fingerprint density at radius 1 is 1.09 bits per heavy atom. The van der Waals surface area contributed by atoms with Gasteiger partial charge in [0.25, 0.3) is 0 Å². The lowest BCUT2D eigenvalue weighted by molar-refractivity contribution is 0.0355. The van der Waals surface area contributed by atoms with Crippen molar-refractivity contribution in [1.29, 1.82) is 0 Å². The lowest BCUT2D eigenvalue weighted by Gasteiger charge is -2.40. The third kappa shape index (κ3) is 7.25. The highest BCUT2D eigenvalue weighted by atomic mass is 127. The first-order valence-electron chi connectivity index (χ1n) is 10.7. The Balaban J connectivity index is 0.00000363. The number of nitrogens with zero attached hydrogens (tertiary/aromatic N) is 1. The van der Waals surface area contributed by atoms with Gasteiger partial charge in [0.05, 0.1) is 20.8 Å². The van der Waals surface area contributed by atoms with Crippen molar-refractivity contribution in [1.82, 2.24) is 10.6 Å². The van der Waals surface area contributed by atoms with Crippen molar-refractivity contribution in [2.75, 3.05) is 34.0 Å². The smallest absolute Gasteiger partial charge is 0.188 e. The summed E-state index contributed by atoms with van der Waals surface area (Å²) in [6.45, 7) is 4.82. The molecule has 0 saturated carbocycles. The predicted molar refractivity (Wildman–Crippen MR) is 139 cm³/mol.